The third kappa shape index (κ3) is 4.86. The molecule has 0 spiro atoms. The van der Waals surface area contributed by atoms with Crippen LogP contribution in [0, 0.1) is 5.82 Å². The van der Waals surface area contributed by atoms with E-state index in [2.05, 4.69) is 15.5 Å². The Balaban J connectivity index is 1.52. The molecule has 11 heteroatoms. The van der Waals surface area contributed by atoms with Crippen LogP contribution in [0.1, 0.15) is 11.9 Å². The second-order valence-electron chi connectivity index (χ2n) is 6.04. The van der Waals surface area contributed by atoms with E-state index in [0.29, 0.717) is 18.2 Å². The number of anilines is 1. The molecular formula is C16H20FN5O3S2. The normalized spacial score (nSPS) is 16.4. The first-order chi connectivity index (χ1) is 12.9. The van der Waals surface area contributed by atoms with Gasteiger partial charge in [0, 0.05) is 26.2 Å². The average molecular weight is 414 g/mol. The maximum Gasteiger partial charge on any atom is 0.243 e. The molecule has 0 unspecified atom stereocenters. The number of carbonyl (C=O) groups is 1. The van der Waals surface area contributed by atoms with Crippen LogP contribution in [0.2, 0.25) is 0 Å². The fourth-order valence-corrected chi connectivity index (χ4v) is 4.81. The third-order valence-corrected chi connectivity index (χ3v) is 7.06. The van der Waals surface area contributed by atoms with Crippen LogP contribution in [-0.4, -0.2) is 66.5 Å². The number of sulfonamides is 1. The van der Waals surface area contributed by atoms with Gasteiger partial charge >= 0.3 is 0 Å². The van der Waals surface area contributed by atoms with E-state index in [-0.39, 0.29) is 30.4 Å². The first-order valence-corrected chi connectivity index (χ1v) is 10.7. The minimum Gasteiger partial charge on any atom is -0.299 e. The molecule has 146 valence electrons. The van der Waals surface area contributed by atoms with E-state index in [1.165, 1.54) is 27.8 Å². The van der Waals surface area contributed by atoms with Crippen molar-refractivity contribution >= 4 is 32.4 Å². The molecule has 1 amide bonds. The summed E-state index contributed by atoms with van der Waals surface area (Å²) >= 11 is 1.34. The summed E-state index contributed by atoms with van der Waals surface area (Å²) in [4.78, 5) is 14.1. The summed E-state index contributed by atoms with van der Waals surface area (Å²) in [5, 5.41) is 11.9. The lowest BCUT2D eigenvalue weighted by atomic mass is 10.3. The minimum absolute atomic E-state index is 0.0677. The molecule has 0 atom stereocenters. The zero-order chi connectivity index (χ0) is 19.4. The molecule has 8 nitrogen and oxygen atoms in total. The quantitative estimate of drug-likeness (QED) is 0.764. The number of rotatable bonds is 6. The molecule has 2 heterocycles. The van der Waals surface area contributed by atoms with Gasteiger partial charge in [0.15, 0.2) is 0 Å². The van der Waals surface area contributed by atoms with Crippen LogP contribution in [-0.2, 0) is 21.2 Å². The summed E-state index contributed by atoms with van der Waals surface area (Å²) in [5.41, 5.74) is 0. The number of aromatic nitrogens is 2. The summed E-state index contributed by atoms with van der Waals surface area (Å²) in [5.74, 6) is -0.685. The van der Waals surface area contributed by atoms with Crippen molar-refractivity contribution in [1.82, 2.24) is 19.4 Å². The maximum atomic E-state index is 13.0. The molecule has 1 aromatic heterocycles. The van der Waals surface area contributed by atoms with Crippen molar-refractivity contribution in [2.75, 3.05) is 38.0 Å². The number of carbonyl (C=O) groups excluding carboxylic acids is 1. The van der Waals surface area contributed by atoms with E-state index in [1.807, 2.05) is 11.8 Å². The molecule has 0 saturated carbocycles. The predicted octanol–water partition coefficient (Wildman–Crippen LogP) is 1.18. The Labute approximate surface area is 161 Å². The van der Waals surface area contributed by atoms with Gasteiger partial charge in [-0.15, -0.1) is 10.2 Å². The van der Waals surface area contributed by atoms with Crippen molar-refractivity contribution < 1.29 is 17.6 Å². The highest BCUT2D eigenvalue weighted by Crippen LogP contribution is 2.18. The highest BCUT2D eigenvalue weighted by atomic mass is 32.2. The standard InChI is InChI=1S/C16H20FN5O3S2/c1-2-15-19-20-16(26-15)18-14(23)11-21-7-9-22(10-8-21)27(24,25)13-5-3-12(17)4-6-13/h3-6H,2,7-11H2,1H3,(H,18,20,23). The first kappa shape index (κ1) is 19.8. The fourth-order valence-electron chi connectivity index (χ4n) is 2.69. The van der Waals surface area contributed by atoms with Crippen LogP contribution < -0.4 is 5.32 Å². The van der Waals surface area contributed by atoms with Crippen LogP contribution >= 0.6 is 11.3 Å². The molecule has 1 saturated heterocycles. The number of nitrogens with zero attached hydrogens (tertiary/aromatic N) is 4. The largest absolute Gasteiger partial charge is 0.299 e. The Bertz CT molecular complexity index is 893. The zero-order valence-corrected chi connectivity index (χ0v) is 16.4. The predicted molar refractivity (Wildman–Crippen MR) is 99.5 cm³/mol. The molecule has 2 aromatic rings. The Morgan fingerprint density at radius 3 is 2.44 bits per heavy atom. The lowest BCUT2D eigenvalue weighted by Crippen LogP contribution is -2.50. The number of piperazine rings is 1. The van der Waals surface area contributed by atoms with Crippen LogP contribution in [0.15, 0.2) is 29.2 Å². The molecule has 1 aliphatic heterocycles. The van der Waals surface area contributed by atoms with Crippen molar-refractivity contribution in [2.24, 2.45) is 0 Å². The summed E-state index contributed by atoms with van der Waals surface area (Å²) in [6, 6.07) is 4.78. The lowest BCUT2D eigenvalue weighted by Gasteiger charge is -2.33. The van der Waals surface area contributed by atoms with Gasteiger partial charge in [-0.2, -0.15) is 4.31 Å². The molecule has 1 aliphatic rings. The Kier molecular flexibility index (Phi) is 6.15. The Morgan fingerprint density at radius 1 is 1.19 bits per heavy atom. The van der Waals surface area contributed by atoms with Crippen molar-refractivity contribution in [2.45, 2.75) is 18.2 Å². The topological polar surface area (TPSA) is 95.5 Å². The number of hydrogen-bond donors (Lipinski definition) is 1. The highest BCUT2D eigenvalue weighted by molar-refractivity contribution is 7.89. The molecule has 27 heavy (non-hydrogen) atoms. The van der Waals surface area contributed by atoms with Crippen molar-refractivity contribution in [3.63, 3.8) is 0 Å². The molecule has 0 radical (unpaired) electrons. The van der Waals surface area contributed by atoms with Gasteiger partial charge in [0.25, 0.3) is 0 Å². The van der Waals surface area contributed by atoms with Crippen molar-refractivity contribution in [3.05, 3.63) is 35.1 Å². The first-order valence-electron chi connectivity index (χ1n) is 8.49. The lowest BCUT2D eigenvalue weighted by molar-refractivity contribution is -0.117. The number of benzene rings is 1. The van der Waals surface area contributed by atoms with E-state index in [9.17, 15) is 17.6 Å². The number of halogens is 1. The Morgan fingerprint density at radius 2 is 1.85 bits per heavy atom. The van der Waals surface area contributed by atoms with E-state index < -0.39 is 15.8 Å². The molecule has 1 fully saturated rings. The van der Waals surface area contributed by atoms with Gasteiger partial charge in [0.05, 0.1) is 11.4 Å². The van der Waals surface area contributed by atoms with E-state index in [1.54, 1.807) is 0 Å². The van der Waals surface area contributed by atoms with Gasteiger partial charge in [-0.1, -0.05) is 18.3 Å². The third-order valence-electron chi connectivity index (χ3n) is 4.17. The van der Waals surface area contributed by atoms with Gasteiger partial charge in [-0.05, 0) is 30.7 Å². The van der Waals surface area contributed by atoms with E-state index in [0.717, 1.165) is 23.6 Å². The van der Waals surface area contributed by atoms with E-state index in [4.69, 9.17) is 0 Å². The van der Waals surface area contributed by atoms with Crippen LogP contribution in [0.4, 0.5) is 9.52 Å². The van der Waals surface area contributed by atoms with E-state index >= 15 is 0 Å². The number of hydrogen-bond acceptors (Lipinski definition) is 7. The highest BCUT2D eigenvalue weighted by Gasteiger charge is 2.29. The minimum atomic E-state index is -3.66. The van der Waals surface area contributed by atoms with Gasteiger partial charge < -0.3 is 0 Å². The van der Waals surface area contributed by atoms with Crippen molar-refractivity contribution in [1.29, 1.82) is 0 Å². The molecule has 0 aliphatic carbocycles. The molecule has 0 bridgehead atoms. The maximum absolute atomic E-state index is 13.0. The summed E-state index contributed by atoms with van der Waals surface area (Å²) in [7, 11) is -3.66. The fraction of sp³-hybridized carbons (Fsp3) is 0.438. The second kappa shape index (κ2) is 8.38. The van der Waals surface area contributed by atoms with Gasteiger partial charge in [-0.25, -0.2) is 12.8 Å². The second-order valence-corrected chi connectivity index (χ2v) is 9.04. The van der Waals surface area contributed by atoms with Crippen molar-refractivity contribution in [3.8, 4) is 0 Å². The monoisotopic (exact) mass is 413 g/mol. The molecule has 3 rings (SSSR count). The summed E-state index contributed by atoms with van der Waals surface area (Å²) in [6.45, 7) is 3.53. The zero-order valence-electron chi connectivity index (χ0n) is 14.8. The smallest absolute Gasteiger partial charge is 0.243 e. The van der Waals surface area contributed by atoms with Gasteiger partial charge in [0.2, 0.25) is 21.1 Å². The molecule has 1 N–H and O–H groups in total. The number of amides is 1. The average Bonchev–Trinajstić information content (AvgIpc) is 3.10. The SMILES string of the molecule is CCc1nnc(NC(=O)CN2CCN(S(=O)(=O)c3ccc(F)cc3)CC2)s1. The number of nitrogens with one attached hydrogen (secondary N) is 1. The number of aryl methyl sites for hydroxylation is 1. The van der Waals surface area contributed by atoms with Crippen LogP contribution in [0.3, 0.4) is 0 Å². The summed E-state index contributed by atoms with van der Waals surface area (Å²) in [6.07, 6.45) is 0.762. The van der Waals surface area contributed by atoms with Gasteiger partial charge in [-0.3, -0.25) is 15.0 Å². The van der Waals surface area contributed by atoms with Gasteiger partial charge in [0.1, 0.15) is 10.8 Å². The van der Waals surface area contributed by atoms with Crippen LogP contribution in [0.5, 0.6) is 0 Å². The Hall–Kier alpha value is -1.95. The molecule has 1 aromatic carbocycles. The summed E-state index contributed by atoms with van der Waals surface area (Å²) < 4.78 is 39.5. The molecular weight excluding hydrogens is 393 g/mol. The van der Waals surface area contributed by atoms with Crippen LogP contribution in [0.25, 0.3) is 0 Å².